The number of hydrogen-bond donors (Lipinski definition) is 1. The van der Waals surface area contributed by atoms with E-state index in [2.05, 4.69) is 58.7 Å². The maximum Gasteiger partial charge on any atom is 0.273 e. The molecule has 3 heterocycles. The van der Waals surface area contributed by atoms with Crippen molar-refractivity contribution in [2.75, 3.05) is 42.9 Å². The molecule has 37 heavy (non-hydrogen) atoms. The van der Waals surface area contributed by atoms with Crippen LogP contribution in [0.4, 0.5) is 11.8 Å². The molecule has 8 nitrogen and oxygen atoms in total. The fourth-order valence-electron chi connectivity index (χ4n) is 5.10. The van der Waals surface area contributed by atoms with Gasteiger partial charge in [-0.2, -0.15) is 4.98 Å². The number of fused-ring (bicyclic) bond motifs is 1. The standard InChI is InChI=1S/C29H34N6O2/c1-20(2)35-19-25-26(28(35)37)31-29(34-16-14-33(15-17-34)21(3)36)32-27(25)30-18-24(22-10-6-4-7-11-22)23-12-8-5-9-13-23/h4-13,20,24H,14-19H2,1-3H3,(H,30,31,32). The van der Waals surface area contributed by atoms with Gasteiger partial charge < -0.3 is 20.0 Å². The number of rotatable bonds is 7. The Bertz CT molecular complexity index is 1220. The molecule has 0 spiro atoms. The number of piperazine rings is 1. The van der Waals surface area contributed by atoms with Gasteiger partial charge in [0.1, 0.15) is 11.5 Å². The lowest BCUT2D eigenvalue weighted by Crippen LogP contribution is -2.48. The first-order chi connectivity index (χ1) is 17.9. The number of nitrogens with zero attached hydrogens (tertiary/aromatic N) is 5. The van der Waals surface area contributed by atoms with Crippen molar-refractivity contribution in [2.24, 2.45) is 0 Å². The molecule has 1 fully saturated rings. The second kappa shape index (κ2) is 10.6. The zero-order chi connectivity index (χ0) is 25.9. The van der Waals surface area contributed by atoms with Crippen molar-refractivity contribution < 1.29 is 9.59 Å². The molecule has 1 N–H and O–H groups in total. The van der Waals surface area contributed by atoms with Crippen LogP contribution in [0.5, 0.6) is 0 Å². The fourth-order valence-corrected chi connectivity index (χ4v) is 5.10. The molecule has 8 heteroatoms. The monoisotopic (exact) mass is 498 g/mol. The molecule has 3 aromatic rings. The summed E-state index contributed by atoms with van der Waals surface area (Å²) >= 11 is 0. The highest BCUT2D eigenvalue weighted by molar-refractivity contribution is 5.98. The summed E-state index contributed by atoms with van der Waals surface area (Å²) < 4.78 is 0. The van der Waals surface area contributed by atoms with Crippen LogP contribution in [0.25, 0.3) is 0 Å². The van der Waals surface area contributed by atoms with E-state index in [1.807, 2.05) is 35.8 Å². The van der Waals surface area contributed by atoms with Gasteiger partial charge in [0.25, 0.3) is 5.91 Å². The SMILES string of the molecule is CC(=O)N1CCN(c2nc(NCC(c3ccccc3)c3ccccc3)c3c(n2)C(=O)N(C(C)C)C3)CC1. The van der Waals surface area contributed by atoms with Crippen molar-refractivity contribution >= 4 is 23.6 Å². The topological polar surface area (TPSA) is 81.7 Å². The lowest BCUT2D eigenvalue weighted by Gasteiger charge is -2.34. The molecule has 192 valence electrons. The number of hydrogen-bond acceptors (Lipinski definition) is 6. The van der Waals surface area contributed by atoms with E-state index in [1.54, 1.807) is 6.92 Å². The molecule has 1 saturated heterocycles. The van der Waals surface area contributed by atoms with Gasteiger partial charge in [0, 0.05) is 57.2 Å². The lowest BCUT2D eigenvalue weighted by molar-refractivity contribution is -0.129. The van der Waals surface area contributed by atoms with Gasteiger partial charge >= 0.3 is 0 Å². The van der Waals surface area contributed by atoms with Gasteiger partial charge in [-0.05, 0) is 25.0 Å². The summed E-state index contributed by atoms with van der Waals surface area (Å²) in [5.41, 5.74) is 3.76. The predicted octanol–water partition coefficient (Wildman–Crippen LogP) is 3.75. The third kappa shape index (κ3) is 5.14. The van der Waals surface area contributed by atoms with Gasteiger partial charge in [0.05, 0.1) is 6.54 Å². The fraction of sp³-hybridized carbons (Fsp3) is 0.379. The van der Waals surface area contributed by atoms with Gasteiger partial charge in [-0.3, -0.25) is 9.59 Å². The van der Waals surface area contributed by atoms with E-state index in [9.17, 15) is 9.59 Å². The Hall–Kier alpha value is -3.94. The quantitative estimate of drug-likeness (QED) is 0.534. The van der Waals surface area contributed by atoms with Gasteiger partial charge in [0.2, 0.25) is 11.9 Å². The van der Waals surface area contributed by atoms with Crippen LogP contribution in [-0.2, 0) is 11.3 Å². The molecule has 0 atom stereocenters. The third-order valence-corrected chi connectivity index (χ3v) is 7.30. The van der Waals surface area contributed by atoms with Crippen molar-refractivity contribution in [3.05, 3.63) is 83.0 Å². The van der Waals surface area contributed by atoms with Crippen molar-refractivity contribution in [2.45, 2.75) is 39.3 Å². The molecular weight excluding hydrogens is 464 g/mol. The molecule has 0 aliphatic carbocycles. The molecular formula is C29H34N6O2. The highest BCUT2D eigenvalue weighted by atomic mass is 16.2. The Morgan fingerprint density at radius 1 is 0.919 bits per heavy atom. The molecule has 0 unspecified atom stereocenters. The van der Waals surface area contributed by atoms with Gasteiger partial charge in [0.15, 0.2) is 0 Å². The van der Waals surface area contributed by atoms with Crippen LogP contribution in [0.3, 0.4) is 0 Å². The van der Waals surface area contributed by atoms with Crippen molar-refractivity contribution in [1.29, 1.82) is 0 Å². The molecule has 0 bridgehead atoms. The second-order valence-corrected chi connectivity index (χ2v) is 9.97. The number of amides is 2. The maximum absolute atomic E-state index is 13.3. The Labute approximate surface area is 218 Å². The van der Waals surface area contributed by atoms with E-state index in [1.165, 1.54) is 11.1 Å². The summed E-state index contributed by atoms with van der Waals surface area (Å²) in [6, 6.07) is 21.0. The van der Waals surface area contributed by atoms with E-state index < -0.39 is 0 Å². The predicted molar refractivity (Wildman–Crippen MR) is 145 cm³/mol. The zero-order valence-corrected chi connectivity index (χ0v) is 21.7. The molecule has 2 amide bonds. The van der Waals surface area contributed by atoms with E-state index in [-0.39, 0.29) is 23.8 Å². The van der Waals surface area contributed by atoms with Gasteiger partial charge in [-0.1, -0.05) is 60.7 Å². The number of aromatic nitrogens is 2. The lowest BCUT2D eigenvalue weighted by atomic mass is 9.91. The number of benzene rings is 2. The van der Waals surface area contributed by atoms with E-state index in [0.717, 1.165) is 5.56 Å². The summed E-state index contributed by atoms with van der Waals surface area (Å²) in [5.74, 6) is 1.39. The second-order valence-electron chi connectivity index (χ2n) is 9.97. The Balaban J connectivity index is 1.46. The average molecular weight is 499 g/mol. The average Bonchev–Trinajstić information content (AvgIpc) is 3.27. The number of nitrogens with one attached hydrogen (secondary N) is 1. The summed E-state index contributed by atoms with van der Waals surface area (Å²) in [6.07, 6.45) is 0. The highest BCUT2D eigenvalue weighted by Crippen LogP contribution is 2.32. The van der Waals surface area contributed by atoms with Crippen LogP contribution in [0.2, 0.25) is 0 Å². The van der Waals surface area contributed by atoms with Gasteiger partial charge in [-0.15, -0.1) is 0 Å². The molecule has 1 aromatic heterocycles. The largest absolute Gasteiger partial charge is 0.369 e. The summed E-state index contributed by atoms with van der Waals surface area (Å²) in [5, 5.41) is 3.61. The minimum absolute atomic E-state index is 0.0539. The minimum atomic E-state index is -0.0539. The smallest absolute Gasteiger partial charge is 0.273 e. The van der Waals surface area contributed by atoms with Crippen LogP contribution < -0.4 is 10.2 Å². The van der Waals surface area contributed by atoms with Crippen molar-refractivity contribution in [1.82, 2.24) is 19.8 Å². The number of carbonyl (C=O) groups excluding carboxylic acids is 2. The summed E-state index contributed by atoms with van der Waals surface area (Å²) in [6.45, 7) is 9.27. The van der Waals surface area contributed by atoms with Crippen LogP contribution in [0.15, 0.2) is 60.7 Å². The third-order valence-electron chi connectivity index (χ3n) is 7.30. The molecule has 0 saturated carbocycles. The Morgan fingerprint density at radius 2 is 1.51 bits per heavy atom. The number of carbonyl (C=O) groups is 2. The summed E-state index contributed by atoms with van der Waals surface area (Å²) in [4.78, 5) is 40.5. The maximum atomic E-state index is 13.3. The zero-order valence-electron chi connectivity index (χ0n) is 21.7. The normalized spacial score (nSPS) is 15.5. The molecule has 2 aliphatic heterocycles. The van der Waals surface area contributed by atoms with E-state index >= 15 is 0 Å². The van der Waals surface area contributed by atoms with E-state index in [0.29, 0.717) is 56.7 Å². The van der Waals surface area contributed by atoms with Gasteiger partial charge in [-0.25, -0.2) is 4.98 Å². The van der Waals surface area contributed by atoms with Crippen LogP contribution >= 0.6 is 0 Å². The minimum Gasteiger partial charge on any atom is -0.369 e. The highest BCUT2D eigenvalue weighted by Gasteiger charge is 2.35. The van der Waals surface area contributed by atoms with Crippen molar-refractivity contribution in [3.63, 3.8) is 0 Å². The van der Waals surface area contributed by atoms with Crippen LogP contribution in [0.1, 0.15) is 53.9 Å². The Kier molecular flexibility index (Phi) is 7.08. The van der Waals surface area contributed by atoms with Crippen LogP contribution in [-0.4, -0.2) is 70.3 Å². The first-order valence-corrected chi connectivity index (χ1v) is 13.0. The molecule has 0 radical (unpaired) electrons. The molecule has 5 rings (SSSR count). The first-order valence-electron chi connectivity index (χ1n) is 13.0. The summed E-state index contributed by atoms with van der Waals surface area (Å²) in [7, 11) is 0. The first kappa shape index (κ1) is 24.7. The van der Waals surface area contributed by atoms with Crippen molar-refractivity contribution in [3.8, 4) is 0 Å². The van der Waals surface area contributed by atoms with E-state index in [4.69, 9.17) is 9.97 Å². The van der Waals surface area contributed by atoms with Crippen LogP contribution in [0, 0.1) is 0 Å². The molecule has 2 aromatic carbocycles. The number of anilines is 2. The molecule has 2 aliphatic rings. The Morgan fingerprint density at radius 3 is 2.05 bits per heavy atom.